The minimum absolute atomic E-state index is 0.156. The van der Waals surface area contributed by atoms with Crippen molar-refractivity contribution in [3.05, 3.63) is 92.6 Å². The Kier molecular flexibility index (Phi) is 6.01. The van der Waals surface area contributed by atoms with Crippen LogP contribution in [0.1, 0.15) is 10.4 Å². The first kappa shape index (κ1) is 22.5. The average molecular weight is 459 g/mol. The van der Waals surface area contributed by atoms with Gasteiger partial charge in [0.15, 0.2) is 5.43 Å². The Bertz CT molecular complexity index is 1460. The number of anilines is 2. The van der Waals surface area contributed by atoms with Crippen LogP contribution in [-0.4, -0.2) is 32.0 Å². The van der Waals surface area contributed by atoms with E-state index < -0.39 is 10.8 Å². The van der Waals surface area contributed by atoms with Crippen LogP contribution in [0, 0.1) is 10.1 Å². The highest BCUT2D eigenvalue weighted by atomic mass is 16.6. The van der Waals surface area contributed by atoms with E-state index in [0.717, 1.165) is 0 Å². The van der Waals surface area contributed by atoms with Gasteiger partial charge in [0.25, 0.3) is 11.6 Å². The average Bonchev–Trinajstić information content (AvgIpc) is 2.83. The van der Waals surface area contributed by atoms with E-state index in [2.05, 4.69) is 5.32 Å². The van der Waals surface area contributed by atoms with Gasteiger partial charge in [0.05, 0.1) is 17.4 Å². The third-order valence-corrected chi connectivity index (χ3v) is 5.28. The van der Waals surface area contributed by atoms with E-state index in [4.69, 9.17) is 9.15 Å². The minimum atomic E-state index is -0.520. The highest BCUT2D eigenvalue weighted by Crippen LogP contribution is 2.29. The molecule has 1 heterocycles. The summed E-state index contributed by atoms with van der Waals surface area (Å²) >= 11 is 0. The van der Waals surface area contributed by atoms with E-state index in [0.29, 0.717) is 39.4 Å². The van der Waals surface area contributed by atoms with Crippen molar-refractivity contribution in [3.63, 3.8) is 0 Å². The summed E-state index contributed by atoms with van der Waals surface area (Å²) in [5.41, 5.74) is 1.79. The van der Waals surface area contributed by atoms with Crippen molar-refractivity contribution in [2.45, 2.75) is 0 Å². The van der Waals surface area contributed by atoms with Gasteiger partial charge in [-0.1, -0.05) is 0 Å². The summed E-state index contributed by atoms with van der Waals surface area (Å²) in [7, 11) is 4.91. The number of nitro benzene ring substituents is 1. The number of carbonyl (C=O) groups excluding carboxylic acids is 1. The molecular weight excluding hydrogens is 438 g/mol. The first-order valence-electron chi connectivity index (χ1n) is 10.3. The number of fused-ring (bicyclic) bond motifs is 1. The molecule has 4 aromatic rings. The molecule has 0 radical (unpaired) electrons. The standard InChI is InChI=1S/C25H21N3O6/c1-27(2)20-10-6-16(12-21(20)28(31)32)25(30)26-17-7-4-15(5-8-17)24-14-22(29)19-13-18(33-3)9-11-23(19)34-24/h4-14H,1-3H3,(H,26,30). The SMILES string of the molecule is COc1ccc2oc(-c3ccc(NC(=O)c4ccc(N(C)C)c([N+](=O)[O-])c4)cc3)cc(=O)c2c1. The van der Waals surface area contributed by atoms with Crippen molar-refractivity contribution in [2.75, 3.05) is 31.4 Å². The first-order valence-corrected chi connectivity index (χ1v) is 10.3. The second kappa shape index (κ2) is 9.07. The third-order valence-electron chi connectivity index (χ3n) is 5.28. The van der Waals surface area contributed by atoms with E-state index >= 15 is 0 Å². The monoisotopic (exact) mass is 459 g/mol. The molecule has 0 bridgehead atoms. The molecule has 1 N–H and O–H groups in total. The van der Waals surface area contributed by atoms with E-state index in [1.165, 1.54) is 31.4 Å². The van der Waals surface area contributed by atoms with Gasteiger partial charge < -0.3 is 19.4 Å². The quantitative estimate of drug-likeness (QED) is 0.328. The molecule has 0 atom stereocenters. The Morgan fingerprint density at radius 3 is 2.41 bits per heavy atom. The zero-order valence-corrected chi connectivity index (χ0v) is 18.7. The lowest BCUT2D eigenvalue weighted by molar-refractivity contribution is -0.384. The Hall–Kier alpha value is -4.66. The van der Waals surface area contributed by atoms with Crippen molar-refractivity contribution < 1.29 is 18.9 Å². The largest absolute Gasteiger partial charge is 0.497 e. The summed E-state index contributed by atoms with van der Waals surface area (Å²) in [6, 6.07) is 17.5. The lowest BCUT2D eigenvalue weighted by Gasteiger charge is -2.13. The topological polar surface area (TPSA) is 115 Å². The summed E-state index contributed by atoms with van der Waals surface area (Å²) in [5, 5.41) is 14.5. The van der Waals surface area contributed by atoms with Crippen LogP contribution in [0.3, 0.4) is 0 Å². The summed E-state index contributed by atoms with van der Waals surface area (Å²) in [6.07, 6.45) is 0. The number of amides is 1. The lowest BCUT2D eigenvalue weighted by atomic mass is 10.1. The van der Waals surface area contributed by atoms with Crippen molar-refractivity contribution >= 4 is 33.9 Å². The van der Waals surface area contributed by atoms with Crippen molar-refractivity contribution in [3.8, 4) is 17.1 Å². The van der Waals surface area contributed by atoms with E-state index in [-0.39, 0.29) is 16.7 Å². The number of nitro groups is 1. The molecule has 0 fully saturated rings. The van der Waals surface area contributed by atoms with Crippen molar-refractivity contribution in [1.29, 1.82) is 0 Å². The van der Waals surface area contributed by atoms with Crippen LogP contribution < -0.4 is 20.4 Å². The fourth-order valence-corrected chi connectivity index (χ4v) is 3.51. The van der Waals surface area contributed by atoms with Crippen LogP contribution in [0.2, 0.25) is 0 Å². The van der Waals surface area contributed by atoms with Crippen LogP contribution >= 0.6 is 0 Å². The van der Waals surface area contributed by atoms with Gasteiger partial charge in [-0.2, -0.15) is 0 Å². The Morgan fingerprint density at radius 1 is 1.03 bits per heavy atom. The van der Waals surface area contributed by atoms with Crippen LogP contribution in [0.25, 0.3) is 22.3 Å². The van der Waals surface area contributed by atoms with Gasteiger partial charge in [0.1, 0.15) is 22.8 Å². The van der Waals surface area contributed by atoms with Crippen molar-refractivity contribution in [1.82, 2.24) is 0 Å². The molecule has 3 aromatic carbocycles. The Labute approximate surface area is 194 Å². The van der Waals surface area contributed by atoms with Gasteiger partial charge in [-0.25, -0.2) is 0 Å². The van der Waals surface area contributed by atoms with Gasteiger partial charge in [0, 0.05) is 43.0 Å². The van der Waals surface area contributed by atoms with E-state index in [9.17, 15) is 19.7 Å². The highest BCUT2D eigenvalue weighted by molar-refractivity contribution is 6.05. The summed E-state index contributed by atoms with van der Waals surface area (Å²) in [6.45, 7) is 0. The fraction of sp³-hybridized carbons (Fsp3) is 0.120. The van der Waals surface area contributed by atoms with Crippen molar-refractivity contribution in [2.24, 2.45) is 0 Å². The molecule has 172 valence electrons. The third kappa shape index (κ3) is 4.44. The van der Waals surface area contributed by atoms with E-state index in [1.807, 2.05) is 0 Å². The molecule has 0 aliphatic heterocycles. The molecular formula is C25H21N3O6. The number of nitrogens with one attached hydrogen (secondary N) is 1. The smallest absolute Gasteiger partial charge is 0.293 e. The van der Waals surface area contributed by atoms with Crippen LogP contribution in [0.4, 0.5) is 17.1 Å². The van der Waals surface area contributed by atoms with Gasteiger partial charge in [-0.05, 0) is 54.6 Å². The molecule has 9 heteroatoms. The molecule has 9 nitrogen and oxygen atoms in total. The Morgan fingerprint density at radius 2 is 1.76 bits per heavy atom. The minimum Gasteiger partial charge on any atom is -0.497 e. The molecule has 1 aromatic heterocycles. The number of rotatable bonds is 6. The van der Waals surface area contributed by atoms with Gasteiger partial charge in [-0.3, -0.25) is 19.7 Å². The number of benzene rings is 3. The number of hydrogen-bond donors (Lipinski definition) is 1. The normalized spacial score (nSPS) is 10.7. The van der Waals surface area contributed by atoms with Crippen LogP contribution in [0.15, 0.2) is 75.9 Å². The summed E-state index contributed by atoms with van der Waals surface area (Å²) in [5.74, 6) is 0.470. The molecule has 0 unspecified atom stereocenters. The molecule has 0 spiro atoms. The summed E-state index contributed by atoms with van der Waals surface area (Å²) in [4.78, 5) is 37.7. The van der Waals surface area contributed by atoms with Gasteiger partial charge in [0.2, 0.25) is 0 Å². The maximum absolute atomic E-state index is 12.7. The van der Waals surface area contributed by atoms with Gasteiger partial charge >= 0.3 is 0 Å². The second-order valence-electron chi connectivity index (χ2n) is 7.72. The zero-order valence-electron chi connectivity index (χ0n) is 18.7. The highest BCUT2D eigenvalue weighted by Gasteiger charge is 2.19. The predicted molar refractivity (Wildman–Crippen MR) is 130 cm³/mol. The fourth-order valence-electron chi connectivity index (χ4n) is 3.51. The van der Waals surface area contributed by atoms with E-state index in [1.54, 1.807) is 61.5 Å². The molecule has 0 saturated heterocycles. The number of ether oxygens (including phenoxy) is 1. The number of hydrogen-bond acceptors (Lipinski definition) is 7. The number of carbonyl (C=O) groups is 1. The maximum Gasteiger partial charge on any atom is 0.293 e. The number of nitrogens with zero attached hydrogens (tertiary/aromatic N) is 2. The molecule has 0 aliphatic rings. The summed E-state index contributed by atoms with van der Waals surface area (Å²) < 4.78 is 11.0. The molecule has 4 rings (SSSR count). The van der Waals surface area contributed by atoms with Crippen LogP contribution in [0.5, 0.6) is 5.75 Å². The lowest BCUT2D eigenvalue weighted by Crippen LogP contribution is -2.15. The van der Waals surface area contributed by atoms with Crippen LogP contribution in [-0.2, 0) is 0 Å². The Balaban J connectivity index is 1.57. The first-order chi connectivity index (χ1) is 16.3. The van der Waals surface area contributed by atoms with Gasteiger partial charge in [-0.15, -0.1) is 0 Å². The molecule has 0 saturated carbocycles. The number of methoxy groups -OCH3 is 1. The molecule has 1 amide bonds. The second-order valence-corrected chi connectivity index (χ2v) is 7.72. The predicted octanol–water partition coefficient (Wildman–Crippen LogP) is 4.70. The maximum atomic E-state index is 12.7. The molecule has 0 aliphatic carbocycles. The zero-order chi connectivity index (χ0) is 24.4. The molecule has 34 heavy (non-hydrogen) atoms.